The van der Waals surface area contributed by atoms with Gasteiger partial charge in [0.25, 0.3) is 0 Å². The molecule has 1 aliphatic carbocycles. The van der Waals surface area contributed by atoms with E-state index in [0.29, 0.717) is 10.3 Å². The molecule has 1 heterocycles. The van der Waals surface area contributed by atoms with Gasteiger partial charge in [-0.3, -0.25) is 0 Å². The van der Waals surface area contributed by atoms with E-state index in [2.05, 4.69) is 26.2 Å². The summed E-state index contributed by atoms with van der Waals surface area (Å²) in [5.41, 5.74) is 0. The Hall–Kier alpha value is -1.17. The lowest BCUT2D eigenvalue weighted by Gasteiger charge is -2.22. The maximum absolute atomic E-state index is 12.8. The smallest absolute Gasteiger partial charge is 0.247 e. The van der Waals surface area contributed by atoms with Crippen LogP contribution in [0.5, 0.6) is 0 Å². The van der Waals surface area contributed by atoms with Gasteiger partial charge in [-0.05, 0) is 34.8 Å². The molecule has 1 N–H and O–H groups in total. The van der Waals surface area contributed by atoms with Crippen molar-refractivity contribution in [3.05, 3.63) is 16.7 Å². The van der Waals surface area contributed by atoms with Gasteiger partial charge in [0.2, 0.25) is 10.0 Å². The quantitative estimate of drug-likeness (QED) is 0.839. The normalized spacial score (nSPS) is 15.1. The highest BCUT2D eigenvalue weighted by atomic mass is 79.9. The Morgan fingerprint density at radius 3 is 2.85 bits per heavy atom. The number of nitrogens with zero attached hydrogens (tertiary/aromatic N) is 3. The standard InChI is InChI=1S/C12H15BrN4O2S/c1-15-12-11(7-9(13)8-16-12)20(18,19)17(6-2-5-14)10-3-4-10/h7-8,10H,2-4,6H2,1H3,(H,15,16). The van der Waals surface area contributed by atoms with Crippen molar-refractivity contribution in [1.29, 1.82) is 5.26 Å². The summed E-state index contributed by atoms with van der Waals surface area (Å²) in [7, 11) is -2.02. The fourth-order valence-electron chi connectivity index (χ4n) is 1.95. The van der Waals surface area contributed by atoms with Gasteiger partial charge in [-0.2, -0.15) is 9.57 Å². The number of sulfonamides is 1. The molecule has 0 amide bonds. The van der Waals surface area contributed by atoms with Gasteiger partial charge in [0.1, 0.15) is 10.7 Å². The SMILES string of the molecule is CNc1ncc(Br)cc1S(=O)(=O)N(CCC#N)C1CC1. The number of anilines is 1. The Morgan fingerprint density at radius 1 is 1.60 bits per heavy atom. The second kappa shape index (κ2) is 6.08. The Morgan fingerprint density at radius 2 is 2.30 bits per heavy atom. The first kappa shape index (κ1) is 15.2. The lowest BCUT2D eigenvalue weighted by Crippen LogP contribution is -2.34. The molecule has 1 fully saturated rings. The van der Waals surface area contributed by atoms with Crippen molar-refractivity contribution in [1.82, 2.24) is 9.29 Å². The third kappa shape index (κ3) is 3.11. The van der Waals surface area contributed by atoms with Crippen molar-refractivity contribution in [2.45, 2.75) is 30.2 Å². The number of pyridine rings is 1. The van der Waals surface area contributed by atoms with E-state index >= 15 is 0 Å². The molecule has 0 radical (unpaired) electrons. The van der Waals surface area contributed by atoms with Crippen LogP contribution in [0.2, 0.25) is 0 Å². The van der Waals surface area contributed by atoms with E-state index < -0.39 is 10.0 Å². The Kier molecular flexibility index (Phi) is 4.62. The molecule has 1 aromatic rings. The number of nitrogens with one attached hydrogen (secondary N) is 1. The van der Waals surface area contributed by atoms with Gasteiger partial charge >= 0.3 is 0 Å². The lowest BCUT2D eigenvalue weighted by atomic mass is 10.4. The van der Waals surface area contributed by atoms with Crippen molar-refractivity contribution in [3.8, 4) is 6.07 Å². The minimum Gasteiger partial charge on any atom is -0.372 e. The van der Waals surface area contributed by atoms with E-state index in [4.69, 9.17) is 5.26 Å². The van der Waals surface area contributed by atoms with Crippen LogP contribution < -0.4 is 5.32 Å². The van der Waals surface area contributed by atoms with Crippen LogP contribution in [0, 0.1) is 11.3 Å². The third-order valence-electron chi connectivity index (χ3n) is 3.04. The molecule has 1 saturated carbocycles. The average Bonchev–Trinajstić information content (AvgIpc) is 3.23. The van der Waals surface area contributed by atoms with Gasteiger partial charge in [0, 0.05) is 36.7 Å². The molecule has 20 heavy (non-hydrogen) atoms. The van der Waals surface area contributed by atoms with E-state index in [0.717, 1.165) is 12.8 Å². The van der Waals surface area contributed by atoms with Gasteiger partial charge in [0.15, 0.2) is 0 Å². The first-order valence-corrected chi connectivity index (χ1v) is 8.46. The van der Waals surface area contributed by atoms with Crippen molar-refractivity contribution in [3.63, 3.8) is 0 Å². The fraction of sp³-hybridized carbons (Fsp3) is 0.500. The summed E-state index contributed by atoms with van der Waals surface area (Å²) >= 11 is 3.25. The van der Waals surface area contributed by atoms with E-state index in [9.17, 15) is 8.42 Å². The summed E-state index contributed by atoms with van der Waals surface area (Å²) in [5, 5.41) is 11.5. The molecule has 0 aromatic carbocycles. The predicted molar refractivity (Wildman–Crippen MR) is 78.6 cm³/mol. The van der Waals surface area contributed by atoms with E-state index in [1.165, 1.54) is 10.4 Å². The summed E-state index contributed by atoms with van der Waals surface area (Å²) in [4.78, 5) is 4.21. The Labute approximate surface area is 127 Å². The van der Waals surface area contributed by atoms with Crippen molar-refractivity contribution in [2.75, 3.05) is 18.9 Å². The van der Waals surface area contributed by atoms with Crippen LogP contribution in [0.15, 0.2) is 21.6 Å². The fourth-order valence-corrected chi connectivity index (χ4v) is 4.30. The van der Waals surface area contributed by atoms with Crippen LogP contribution in [-0.4, -0.2) is 37.3 Å². The van der Waals surface area contributed by atoms with Gasteiger partial charge in [-0.25, -0.2) is 13.4 Å². The summed E-state index contributed by atoms with van der Waals surface area (Å²) in [6.07, 6.45) is 3.43. The predicted octanol–water partition coefficient (Wildman–Crippen LogP) is 1.95. The molecule has 2 rings (SSSR count). The van der Waals surface area contributed by atoms with E-state index in [1.54, 1.807) is 13.2 Å². The summed E-state index contributed by atoms with van der Waals surface area (Å²) in [6, 6.07) is 3.55. The summed E-state index contributed by atoms with van der Waals surface area (Å²) < 4.78 is 27.6. The Bertz CT molecular complexity index is 637. The molecule has 1 aromatic heterocycles. The number of nitriles is 1. The number of hydrogen-bond donors (Lipinski definition) is 1. The first-order valence-electron chi connectivity index (χ1n) is 6.22. The van der Waals surface area contributed by atoms with E-state index in [-0.39, 0.29) is 23.9 Å². The maximum Gasteiger partial charge on any atom is 0.247 e. The van der Waals surface area contributed by atoms with Crippen LogP contribution in [0.3, 0.4) is 0 Å². The van der Waals surface area contributed by atoms with Crippen LogP contribution in [-0.2, 0) is 10.0 Å². The maximum atomic E-state index is 12.8. The molecule has 108 valence electrons. The molecular weight excluding hydrogens is 344 g/mol. The molecule has 0 spiro atoms. The minimum atomic E-state index is -3.65. The molecule has 6 nitrogen and oxygen atoms in total. The highest BCUT2D eigenvalue weighted by Crippen LogP contribution is 2.34. The molecule has 0 unspecified atom stereocenters. The van der Waals surface area contributed by atoms with E-state index in [1.807, 2.05) is 6.07 Å². The second-order valence-electron chi connectivity index (χ2n) is 4.51. The zero-order valence-corrected chi connectivity index (χ0v) is 13.4. The van der Waals surface area contributed by atoms with Gasteiger partial charge < -0.3 is 5.32 Å². The minimum absolute atomic E-state index is 0.0111. The van der Waals surface area contributed by atoms with Gasteiger partial charge in [-0.1, -0.05) is 0 Å². The van der Waals surface area contributed by atoms with Crippen molar-refractivity contribution >= 4 is 31.8 Å². The largest absolute Gasteiger partial charge is 0.372 e. The third-order valence-corrected chi connectivity index (χ3v) is 5.44. The second-order valence-corrected chi connectivity index (χ2v) is 7.28. The van der Waals surface area contributed by atoms with Crippen LogP contribution >= 0.6 is 15.9 Å². The van der Waals surface area contributed by atoms with Crippen LogP contribution in [0.25, 0.3) is 0 Å². The lowest BCUT2D eigenvalue weighted by molar-refractivity contribution is 0.411. The molecule has 0 atom stereocenters. The van der Waals surface area contributed by atoms with Gasteiger partial charge in [0.05, 0.1) is 6.07 Å². The zero-order chi connectivity index (χ0) is 14.8. The number of hydrogen-bond acceptors (Lipinski definition) is 5. The highest BCUT2D eigenvalue weighted by molar-refractivity contribution is 9.10. The number of rotatable bonds is 6. The molecular formula is C12H15BrN4O2S. The Balaban J connectivity index is 2.42. The molecule has 8 heteroatoms. The topological polar surface area (TPSA) is 86.1 Å². The zero-order valence-electron chi connectivity index (χ0n) is 11.0. The molecule has 0 saturated heterocycles. The van der Waals surface area contributed by atoms with Crippen LogP contribution in [0.4, 0.5) is 5.82 Å². The molecule has 1 aliphatic rings. The average molecular weight is 359 g/mol. The summed E-state index contributed by atoms with van der Waals surface area (Å²) in [5.74, 6) is 0.316. The number of halogens is 1. The highest BCUT2D eigenvalue weighted by Gasteiger charge is 2.39. The molecule has 0 bridgehead atoms. The molecule has 0 aliphatic heterocycles. The monoisotopic (exact) mass is 358 g/mol. The summed E-state index contributed by atoms with van der Waals surface area (Å²) in [6.45, 7) is 0.221. The number of aromatic nitrogens is 1. The first-order chi connectivity index (χ1) is 9.50. The van der Waals surface area contributed by atoms with Crippen molar-refractivity contribution in [2.24, 2.45) is 0 Å². The van der Waals surface area contributed by atoms with Gasteiger partial charge in [-0.15, -0.1) is 0 Å². The van der Waals surface area contributed by atoms with Crippen molar-refractivity contribution < 1.29 is 8.42 Å². The van der Waals surface area contributed by atoms with Crippen LogP contribution in [0.1, 0.15) is 19.3 Å².